The Kier molecular flexibility index (Phi) is 5.23. The Hall–Kier alpha value is -2.54. The standard InChI is InChI=1S/C18H23N5O2/c1-11-5-7-20-10-15(11)22-16(24)8-14-12(2)21-17(23-18(14)25)13-4-3-6-19-9-13/h3-4,6,9,11,15,20H,5,7-8,10H2,1-2H3,(H,22,24)(H,21,23,25). The first-order valence-corrected chi connectivity index (χ1v) is 8.55. The fraction of sp³-hybridized carbons (Fsp3) is 0.444. The molecule has 1 amide bonds. The van der Waals surface area contributed by atoms with E-state index in [1.54, 1.807) is 25.4 Å². The average molecular weight is 341 g/mol. The summed E-state index contributed by atoms with van der Waals surface area (Å²) in [6.07, 6.45) is 4.37. The molecule has 2 aromatic rings. The molecule has 3 rings (SSSR count). The van der Waals surface area contributed by atoms with Gasteiger partial charge in [-0.15, -0.1) is 0 Å². The Morgan fingerprint density at radius 2 is 2.28 bits per heavy atom. The summed E-state index contributed by atoms with van der Waals surface area (Å²) in [5, 5.41) is 6.31. The van der Waals surface area contributed by atoms with E-state index < -0.39 is 0 Å². The second kappa shape index (κ2) is 7.57. The second-order valence-electron chi connectivity index (χ2n) is 6.54. The summed E-state index contributed by atoms with van der Waals surface area (Å²) in [4.78, 5) is 36.0. The molecule has 1 aliphatic rings. The molecule has 0 spiro atoms. The molecule has 1 fully saturated rings. The molecule has 2 atom stereocenters. The minimum atomic E-state index is -0.281. The van der Waals surface area contributed by atoms with E-state index in [4.69, 9.17) is 0 Å². The van der Waals surface area contributed by atoms with Gasteiger partial charge in [0.2, 0.25) is 5.91 Å². The van der Waals surface area contributed by atoms with Crippen LogP contribution in [0.4, 0.5) is 0 Å². The number of aromatic nitrogens is 3. The van der Waals surface area contributed by atoms with Gasteiger partial charge in [0.1, 0.15) is 5.82 Å². The highest BCUT2D eigenvalue weighted by Crippen LogP contribution is 2.14. The molecule has 7 heteroatoms. The summed E-state index contributed by atoms with van der Waals surface area (Å²) in [6, 6.07) is 3.71. The molecule has 2 aromatic heterocycles. The van der Waals surface area contributed by atoms with Crippen molar-refractivity contribution in [2.24, 2.45) is 5.92 Å². The van der Waals surface area contributed by atoms with Gasteiger partial charge in [0, 0.05) is 41.8 Å². The fourth-order valence-electron chi connectivity index (χ4n) is 3.06. The zero-order valence-corrected chi connectivity index (χ0v) is 14.5. The Morgan fingerprint density at radius 1 is 1.44 bits per heavy atom. The molecule has 3 heterocycles. The van der Waals surface area contributed by atoms with Crippen molar-refractivity contribution in [3.8, 4) is 11.4 Å². The van der Waals surface area contributed by atoms with E-state index in [1.807, 2.05) is 6.07 Å². The van der Waals surface area contributed by atoms with Crippen LogP contribution in [0.15, 0.2) is 29.3 Å². The van der Waals surface area contributed by atoms with Crippen LogP contribution in [0, 0.1) is 12.8 Å². The van der Waals surface area contributed by atoms with Gasteiger partial charge in [-0.2, -0.15) is 0 Å². The number of aryl methyl sites for hydroxylation is 1. The van der Waals surface area contributed by atoms with Gasteiger partial charge in [0.15, 0.2) is 0 Å². The molecule has 3 N–H and O–H groups in total. The maximum absolute atomic E-state index is 12.4. The topological polar surface area (TPSA) is 99.8 Å². The molecule has 132 valence electrons. The highest BCUT2D eigenvalue weighted by Gasteiger charge is 2.23. The van der Waals surface area contributed by atoms with Gasteiger partial charge in [-0.25, -0.2) is 4.98 Å². The maximum atomic E-state index is 12.4. The van der Waals surface area contributed by atoms with Gasteiger partial charge in [-0.3, -0.25) is 14.6 Å². The minimum absolute atomic E-state index is 0.0324. The van der Waals surface area contributed by atoms with Crippen molar-refractivity contribution in [3.05, 3.63) is 46.1 Å². The molecule has 0 bridgehead atoms. The van der Waals surface area contributed by atoms with Crippen LogP contribution < -0.4 is 16.2 Å². The van der Waals surface area contributed by atoms with Crippen LogP contribution in [-0.4, -0.2) is 40.0 Å². The number of pyridine rings is 1. The van der Waals surface area contributed by atoms with E-state index in [0.717, 1.165) is 25.1 Å². The van der Waals surface area contributed by atoms with Gasteiger partial charge in [0.25, 0.3) is 5.56 Å². The minimum Gasteiger partial charge on any atom is -0.352 e. The Labute approximate surface area is 146 Å². The molecular formula is C18H23N5O2. The number of nitrogens with zero attached hydrogens (tertiary/aromatic N) is 2. The molecule has 0 radical (unpaired) electrons. The van der Waals surface area contributed by atoms with Crippen molar-refractivity contribution < 1.29 is 4.79 Å². The van der Waals surface area contributed by atoms with E-state index in [2.05, 4.69) is 32.5 Å². The monoisotopic (exact) mass is 341 g/mol. The zero-order valence-electron chi connectivity index (χ0n) is 14.5. The smallest absolute Gasteiger partial charge is 0.255 e. The molecule has 2 unspecified atom stereocenters. The summed E-state index contributed by atoms with van der Waals surface area (Å²) in [5.74, 6) is 0.741. The van der Waals surface area contributed by atoms with Gasteiger partial charge >= 0.3 is 0 Å². The molecule has 7 nitrogen and oxygen atoms in total. The number of aromatic amines is 1. The predicted octanol–water partition coefficient (Wildman–Crippen LogP) is 0.797. The number of rotatable bonds is 4. The van der Waals surface area contributed by atoms with E-state index in [0.29, 0.717) is 23.0 Å². The summed E-state index contributed by atoms with van der Waals surface area (Å²) < 4.78 is 0. The lowest BCUT2D eigenvalue weighted by atomic mass is 9.94. The van der Waals surface area contributed by atoms with Crippen LogP contribution in [0.1, 0.15) is 24.6 Å². The predicted molar refractivity (Wildman–Crippen MR) is 95.1 cm³/mol. The number of piperidine rings is 1. The number of nitrogens with one attached hydrogen (secondary N) is 3. The number of H-pyrrole nitrogens is 1. The molecule has 1 aliphatic heterocycles. The summed E-state index contributed by atoms with van der Waals surface area (Å²) in [7, 11) is 0. The van der Waals surface area contributed by atoms with Gasteiger partial charge < -0.3 is 15.6 Å². The van der Waals surface area contributed by atoms with Gasteiger partial charge in [0.05, 0.1) is 6.42 Å². The van der Waals surface area contributed by atoms with Crippen LogP contribution in [0.2, 0.25) is 0 Å². The number of hydrogen-bond acceptors (Lipinski definition) is 5. The summed E-state index contributed by atoms with van der Waals surface area (Å²) >= 11 is 0. The SMILES string of the molecule is Cc1nc(-c2cccnc2)[nH]c(=O)c1CC(=O)NC1CNCCC1C. The Bertz CT molecular complexity index is 803. The largest absolute Gasteiger partial charge is 0.352 e. The van der Waals surface area contributed by atoms with Crippen molar-refractivity contribution in [2.45, 2.75) is 32.7 Å². The number of hydrogen-bond donors (Lipinski definition) is 3. The van der Waals surface area contributed by atoms with Crippen LogP contribution in [0.5, 0.6) is 0 Å². The van der Waals surface area contributed by atoms with E-state index in [1.165, 1.54) is 0 Å². The Balaban J connectivity index is 1.74. The molecule has 1 saturated heterocycles. The lowest BCUT2D eigenvalue weighted by Crippen LogP contribution is -2.50. The Morgan fingerprint density at radius 3 is 2.96 bits per heavy atom. The molecule has 0 aliphatic carbocycles. The summed E-state index contributed by atoms with van der Waals surface area (Å²) in [5.41, 5.74) is 1.42. The van der Waals surface area contributed by atoms with Gasteiger partial charge in [-0.1, -0.05) is 6.92 Å². The van der Waals surface area contributed by atoms with E-state index >= 15 is 0 Å². The third-order valence-electron chi connectivity index (χ3n) is 4.67. The first kappa shape index (κ1) is 17.3. The lowest BCUT2D eigenvalue weighted by molar-refractivity contribution is -0.121. The van der Waals surface area contributed by atoms with Crippen molar-refractivity contribution in [1.82, 2.24) is 25.6 Å². The first-order chi connectivity index (χ1) is 12.0. The third-order valence-corrected chi connectivity index (χ3v) is 4.67. The zero-order chi connectivity index (χ0) is 17.8. The number of amides is 1. The first-order valence-electron chi connectivity index (χ1n) is 8.55. The number of carbonyl (C=O) groups is 1. The molecule has 0 saturated carbocycles. The van der Waals surface area contributed by atoms with Crippen molar-refractivity contribution >= 4 is 5.91 Å². The van der Waals surface area contributed by atoms with Gasteiger partial charge in [-0.05, 0) is 37.9 Å². The van der Waals surface area contributed by atoms with Crippen LogP contribution in [0.3, 0.4) is 0 Å². The third kappa shape index (κ3) is 4.11. The van der Waals surface area contributed by atoms with Crippen LogP contribution in [-0.2, 0) is 11.2 Å². The lowest BCUT2D eigenvalue weighted by Gasteiger charge is -2.30. The van der Waals surface area contributed by atoms with Crippen molar-refractivity contribution in [2.75, 3.05) is 13.1 Å². The van der Waals surface area contributed by atoms with Crippen LogP contribution in [0.25, 0.3) is 11.4 Å². The molecule has 25 heavy (non-hydrogen) atoms. The van der Waals surface area contributed by atoms with Crippen molar-refractivity contribution in [3.63, 3.8) is 0 Å². The maximum Gasteiger partial charge on any atom is 0.255 e. The highest BCUT2D eigenvalue weighted by atomic mass is 16.2. The quantitative estimate of drug-likeness (QED) is 0.764. The molecular weight excluding hydrogens is 318 g/mol. The second-order valence-corrected chi connectivity index (χ2v) is 6.54. The summed E-state index contributed by atoms with van der Waals surface area (Å²) in [6.45, 7) is 5.63. The average Bonchev–Trinajstić information content (AvgIpc) is 2.61. The van der Waals surface area contributed by atoms with E-state index in [-0.39, 0.29) is 23.9 Å². The fourth-order valence-corrected chi connectivity index (χ4v) is 3.06. The van der Waals surface area contributed by atoms with Crippen LogP contribution >= 0.6 is 0 Å². The van der Waals surface area contributed by atoms with Crippen molar-refractivity contribution in [1.29, 1.82) is 0 Å². The normalized spacial score (nSPS) is 20.2. The highest BCUT2D eigenvalue weighted by molar-refractivity contribution is 5.79. The molecule has 0 aromatic carbocycles. The van der Waals surface area contributed by atoms with E-state index in [9.17, 15) is 9.59 Å². The number of carbonyl (C=O) groups excluding carboxylic acids is 1.